The van der Waals surface area contributed by atoms with Crippen molar-refractivity contribution < 1.29 is 4.42 Å². The van der Waals surface area contributed by atoms with Gasteiger partial charge in [-0.15, -0.1) is 0 Å². The van der Waals surface area contributed by atoms with Gasteiger partial charge in [0, 0.05) is 6.20 Å². The Bertz CT molecular complexity index is 613. The number of pyridine rings is 1. The Kier molecular flexibility index (Phi) is 2.15. The Balaban J connectivity index is 2.08. The third kappa shape index (κ3) is 1.67. The van der Waals surface area contributed by atoms with Gasteiger partial charge in [0.05, 0.1) is 18.1 Å². The molecule has 0 spiro atoms. The summed E-state index contributed by atoms with van der Waals surface area (Å²) in [5.41, 5.74) is 7.09. The van der Waals surface area contributed by atoms with E-state index in [1.165, 1.54) is 0 Å². The van der Waals surface area contributed by atoms with Crippen LogP contribution in [0.25, 0.3) is 17.3 Å². The molecule has 5 heteroatoms. The van der Waals surface area contributed by atoms with Gasteiger partial charge in [-0.2, -0.15) is 5.10 Å². The summed E-state index contributed by atoms with van der Waals surface area (Å²) in [4.78, 5) is 4.20. The van der Waals surface area contributed by atoms with Crippen LogP contribution >= 0.6 is 0 Å². The molecule has 0 radical (unpaired) electrons. The smallest absolute Gasteiger partial charge is 0.156 e. The minimum Gasteiger partial charge on any atom is -0.463 e. The van der Waals surface area contributed by atoms with Crippen molar-refractivity contribution in [3.8, 4) is 17.3 Å². The molecule has 0 atom stereocenters. The van der Waals surface area contributed by atoms with E-state index in [0.717, 1.165) is 5.82 Å². The second kappa shape index (κ2) is 3.79. The molecule has 0 aliphatic carbocycles. The summed E-state index contributed by atoms with van der Waals surface area (Å²) in [6.45, 7) is 0. The maximum atomic E-state index is 5.90. The van der Waals surface area contributed by atoms with Crippen LogP contribution in [0.5, 0.6) is 0 Å². The van der Waals surface area contributed by atoms with Gasteiger partial charge in [-0.25, -0.2) is 9.67 Å². The van der Waals surface area contributed by atoms with Crippen molar-refractivity contribution in [2.24, 2.45) is 0 Å². The number of hydrogen-bond donors (Lipinski definition) is 1. The Morgan fingerprint density at radius 3 is 2.82 bits per heavy atom. The van der Waals surface area contributed by atoms with Crippen LogP contribution in [0, 0.1) is 0 Å². The summed E-state index contributed by atoms with van der Waals surface area (Å²) in [5.74, 6) is 1.37. The largest absolute Gasteiger partial charge is 0.463 e. The second-order valence-corrected chi connectivity index (χ2v) is 3.54. The molecule has 0 unspecified atom stereocenters. The molecule has 0 aliphatic rings. The average Bonchev–Trinajstić information content (AvgIpc) is 2.99. The van der Waals surface area contributed by atoms with E-state index in [9.17, 15) is 0 Å². The van der Waals surface area contributed by atoms with Gasteiger partial charge in [0.25, 0.3) is 0 Å². The summed E-state index contributed by atoms with van der Waals surface area (Å²) in [6, 6.07) is 9.23. The lowest BCUT2D eigenvalue weighted by Gasteiger charge is -1.97. The lowest BCUT2D eigenvalue weighted by molar-refractivity contribution is 0.579. The van der Waals surface area contributed by atoms with Crippen molar-refractivity contribution in [2.45, 2.75) is 0 Å². The predicted octanol–water partition coefficient (Wildman–Crippen LogP) is 2.11. The van der Waals surface area contributed by atoms with Crippen molar-refractivity contribution >= 4 is 5.69 Å². The first-order chi connectivity index (χ1) is 8.34. The van der Waals surface area contributed by atoms with E-state index in [0.29, 0.717) is 17.1 Å². The molecular weight excluding hydrogens is 216 g/mol. The SMILES string of the molecule is Nc1cn(-c2ccccn2)nc1-c1ccco1. The fourth-order valence-electron chi connectivity index (χ4n) is 1.60. The maximum absolute atomic E-state index is 5.90. The van der Waals surface area contributed by atoms with Crippen LogP contribution in [-0.4, -0.2) is 14.8 Å². The quantitative estimate of drug-likeness (QED) is 0.726. The zero-order chi connectivity index (χ0) is 11.7. The Labute approximate surface area is 97.5 Å². The summed E-state index contributed by atoms with van der Waals surface area (Å²) in [7, 11) is 0. The third-order valence-corrected chi connectivity index (χ3v) is 2.38. The maximum Gasteiger partial charge on any atom is 0.156 e. The third-order valence-electron chi connectivity index (χ3n) is 2.38. The van der Waals surface area contributed by atoms with Gasteiger partial charge in [-0.05, 0) is 24.3 Å². The monoisotopic (exact) mass is 226 g/mol. The summed E-state index contributed by atoms with van der Waals surface area (Å²) in [5, 5.41) is 4.36. The van der Waals surface area contributed by atoms with Gasteiger partial charge in [0.1, 0.15) is 0 Å². The fourth-order valence-corrected chi connectivity index (χ4v) is 1.60. The highest BCUT2D eigenvalue weighted by molar-refractivity contribution is 5.68. The molecule has 0 aromatic carbocycles. The second-order valence-electron chi connectivity index (χ2n) is 3.54. The molecule has 2 N–H and O–H groups in total. The van der Waals surface area contributed by atoms with E-state index in [2.05, 4.69) is 10.1 Å². The van der Waals surface area contributed by atoms with E-state index >= 15 is 0 Å². The van der Waals surface area contributed by atoms with Crippen LogP contribution in [0.1, 0.15) is 0 Å². The number of rotatable bonds is 2. The molecular formula is C12H10N4O. The normalized spacial score (nSPS) is 10.6. The van der Waals surface area contributed by atoms with E-state index in [1.807, 2.05) is 24.3 Å². The zero-order valence-corrected chi connectivity index (χ0v) is 8.95. The standard InChI is InChI=1S/C12H10N4O/c13-9-8-16(11-5-1-2-6-14-11)15-12(9)10-4-3-7-17-10/h1-8H,13H2. The average molecular weight is 226 g/mol. The molecule has 84 valence electrons. The number of anilines is 1. The Morgan fingerprint density at radius 1 is 1.18 bits per heavy atom. The van der Waals surface area contributed by atoms with Crippen molar-refractivity contribution in [1.29, 1.82) is 0 Å². The van der Waals surface area contributed by atoms with Crippen LogP contribution in [-0.2, 0) is 0 Å². The first kappa shape index (κ1) is 9.65. The molecule has 5 nitrogen and oxygen atoms in total. The van der Waals surface area contributed by atoms with Crippen LogP contribution in [0.15, 0.2) is 53.4 Å². The van der Waals surface area contributed by atoms with Gasteiger partial charge in [0.15, 0.2) is 17.3 Å². The predicted molar refractivity (Wildman–Crippen MR) is 63.5 cm³/mol. The molecule has 0 saturated carbocycles. The Morgan fingerprint density at radius 2 is 2.12 bits per heavy atom. The molecule has 3 aromatic heterocycles. The van der Waals surface area contributed by atoms with Gasteiger partial charge in [-0.1, -0.05) is 6.07 Å². The number of hydrogen-bond acceptors (Lipinski definition) is 4. The van der Waals surface area contributed by atoms with E-state index in [4.69, 9.17) is 10.2 Å². The highest BCUT2D eigenvalue weighted by atomic mass is 16.3. The number of aromatic nitrogens is 3. The van der Waals surface area contributed by atoms with Crippen LogP contribution in [0.3, 0.4) is 0 Å². The van der Waals surface area contributed by atoms with E-state index < -0.39 is 0 Å². The van der Waals surface area contributed by atoms with E-state index in [-0.39, 0.29) is 0 Å². The molecule has 0 saturated heterocycles. The minimum absolute atomic E-state index is 0.561. The van der Waals surface area contributed by atoms with Crippen molar-refractivity contribution in [3.63, 3.8) is 0 Å². The number of nitrogen functional groups attached to an aromatic ring is 1. The topological polar surface area (TPSA) is 69.9 Å². The molecule has 3 aromatic rings. The lowest BCUT2D eigenvalue weighted by Crippen LogP contribution is -1.96. The van der Waals surface area contributed by atoms with Gasteiger partial charge < -0.3 is 10.2 Å². The van der Waals surface area contributed by atoms with Crippen molar-refractivity contribution in [1.82, 2.24) is 14.8 Å². The first-order valence-electron chi connectivity index (χ1n) is 5.15. The molecule has 17 heavy (non-hydrogen) atoms. The minimum atomic E-state index is 0.561. The molecule has 0 bridgehead atoms. The zero-order valence-electron chi connectivity index (χ0n) is 8.95. The van der Waals surface area contributed by atoms with Crippen molar-refractivity contribution in [3.05, 3.63) is 49.0 Å². The highest BCUT2D eigenvalue weighted by Gasteiger charge is 2.11. The van der Waals surface area contributed by atoms with Crippen molar-refractivity contribution in [2.75, 3.05) is 5.73 Å². The fraction of sp³-hybridized carbons (Fsp3) is 0. The highest BCUT2D eigenvalue weighted by Crippen LogP contribution is 2.25. The molecule has 0 fully saturated rings. The summed E-state index contributed by atoms with van der Waals surface area (Å²) >= 11 is 0. The number of nitrogens with two attached hydrogens (primary N) is 1. The molecule has 0 aliphatic heterocycles. The first-order valence-corrected chi connectivity index (χ1v) is 5.15. The Hall–Kier alpha value is -2.56. The van der Waals surface area contributed by atoms with Gasteiger partial charge in [0.2, 0.25) is 0 Å². The number of furan rings is 1. The van der Waals surface area contributed by atoms with Gasteiger partial charge >= 0.3 is 0 Å². The van der Waals surface area contributed by atoms with Gasteiger partial charge in [-0.3, -0.25) is 0 Å². The van der Waals surface area contributed by atoms with Crippen LogP contribution in [0.2, 0.25) is 0 Å². The summed E-state index contributed by atoms with van der Waals surface area (Å²) < 4.78 is 6.91. The number of nitrogens with zero attached hydrogens (tertiary/aromatic N) is 3. The van der Waals surface area contributed by atoms with E-state index in [1.54, 1.807) is 29.4 Å². The lowest BCUT2D eigenvalue weighted by atomic mass is 10.3. The molecule has 3 heterocycles. The summed E-state index contributed by atoms with van der Waals surface area (Å²) in [6.07, 6.45) is 5.02. The molecule has 3 rings (SSSR count). The van der Waals surface area contributed by atoms with Crippen LogP contribution < -0.4 is 5.73 Å². The molecule has 0 amide bonds. The van der Waals surface area contributed by atoms with Crippen LogP contribution in [0.4, 0.5) is 5.69 Å².